The molecule has 2 rings (SSSR count). The molecule has 0 amide bonds. The molecule has 2 atom stereocenters. The number of rotatable bonds is 5. The normalized spacial score (nSPS) is 23.9. The number of hydrogen-bond donors (Lipinski definition) is 2. The number of methoxy groups -OCH3 is 2. The molecule has 4 nitrogen and oxygen atoms in total. The van der Waals surface area contributed by atoms with Crippen LogP contribution in [0, 0.1) is 0 Å². The molecule has 1 aliphatic heterocycles. The summed E-state index contributed by atoms with van der Waals surface area (Å²) in [5.74, 6) is 0.899. The van der Waals surface area contributed by atoms with Crippen molar-refractivity contribution in [3.63, 3.8) is 0 Å². The first kappa shape index (κ1) is 13.3. The Morgan fingerprint density at radius 3 is 2.72 bits per heavy atom. The summed E-state index contributed by atoms with van der Waals surface area (Å²) in [4.78, 5) is 0. The number of nitrogens with one attached hydrogen (secondary N) is 2. The highest BCUT2D eigenvalue weighted by molar-refractivity contribution is 5.27. The monoisotopic (exact) mass is 250 g/mol. The number of benzene rings is 1. The lowest BCUT2D eigenvalue weighted by Gasteiger charge is -2.31. The molecule has 0 radical (unpaired) electrons. The molecule has 1 aromatic rings. The average molecular weight is 250 g/mol. The summed E-state index contributed by atoms with van der Waals surface area (Å²) < 4.78 is 10.6. The first-order valence-corrected chi connectivity index (χ1v) is 6.43. The van der Waals surface area contributed by atoms with Gasteiger partial charge in [0.05, 0.1) is 13.2 Å². The number of ether oxygens (including phenoxy) is 2. The minimum absolute atomic E-state index is 0.261. The quantitative estimate of drug-likeness (QED) is 0.823. The van der Waals surface area contributed by atoms with E-state index in [0.717, 1.165) is 31.8 Å². The predicted octanol–water partition coefficient (Wildman–Crippen LogP) is 1.16. The summed E-state index contributed by atoms with van der Waals surface area (Å²) >= 11 is 0. The van der Waals surface area contributed by atoms with E-state index in [2.05, 4.69) is 22.8 Å². The van der Waals surface area contributed by atoms with Crippen molar-refractivity contribution in [3.8, 4) is 5.75 Å². The predicted molar refractivity (Wildman–Crippen MR) is 71.9 cm³/mol. The zero-order chi connectivity index (χ0) is 12.8. The van der Waals surface area contributed by atoms with Crippen LogP contribution in [0.4, 0.5) is 0 Å². The third-order valence-electron chi connectivity index (χ3n) is 3.46. The summed E-state index contributed by atoms with van der Waals surface area (Å²) in [6.45, 7) is 2.85. The molecule has 100 valence electrons. The van der Waals surface area contributed by atoms with Crippen molar-refractivity contribution in [1.82, 2.24) is 10.6 Å². The van der Waals surface area contributed by atoms with E-state index in [1.165, 1.54) is 5.56 Å². The Morgan fingerprint density at radius 1 is 1.28 bits per heavy atom. The maximum atomic E-state index is 5.48. The smallest absolute Gasteiger partial charge is 0.118 e. The molecule has 0 spiro atoms. The van der Waals surface area contributed by atoms with Gasteiger partial charge in [0, 0.05) is 26.2 Å². The molecule has 4 heteroatoms. The van der Waals surface area contributed by atoms with Gasteiger partial charge in [-0.25, -0.2) is 0 Å². The Hall–Kier alpha value is -1.10. The lowest BCUT2D eigenvalue weighted by molar-refractivity contribution is 0.0512. The highest BCUT2D eigenvalue weighted by Gasteiger charge is 2.23. The molecule has 1 saturated heterocycles. The summed E-state index contributed by atoms with van der Waals surface area (Å²) in [5.41, 5.74) is 1.27. The Balaban J connectivity index is 1.85. The van der Waals surface area contributed by atoms with Crippen molar-refractivity contribution < 1.29 is 9.47 Å². The van der Waals surface area contributed by atoms with Gasteiger partial charge in [-0.3, -0.25) is 0 Å². The van der Waals surface area contributed by atoms with Crippen LogP contribution in [0.25, 0.3) is 0 Å². The van der Waals surface area contributed by atoms with Crippen LogP contribution in [0.2, 0.25) is 0 Å². The fraction of sp³-hybridized carbons (Fsp3) is 0.571. The van der Waals surface area contributed by atoms with Crippen LogP contribution < -0.4 is 15.4 Å². The van der Waals surface area contributed by atoms with Crippen LogP contribution in [-0.4, -0.2) is 39.5 Å². The highest BCUT2D eigenvalue weighted by atomic mass is 16.5. The molecular formula is C14H22N2O2. The third-order valence-corrected chi connectivity index (χ3v) is 3.46. The van der Waals surface area contributed by atoms with E-state index in [-0.39, 0.29) is 6.10 Å². The Labute approximate surface area is 109 Å². The maximum absolute atomic E-state index is 5.48. The second-order valence-electron chi connectivity index (χ2n) is 4.60. The molecule has 0 aliphatic carbocycles. The molecule has 1 aromatic carbocycles. The number of piperidine rings is 1. The van der Waals surface area contributed by atoms with Crippen LogP contribution in [0.1, 0.15) is 12.0 Å². The van der Waals surface area contributed by atoms with Crippen LogP contribution in [-0.2, 0) is 11.3 Å². The van der Waals surface area contributed by atoms with E-state index in [0.29, 0.717) is 6.04 Å². The van der Waals surface area contributed by atoms with Gasteiger partial charge in [0.25, 0.3) is 0 Å². The Kier molecular flexibility index (Phi) is 4.99. The third kappa shape index (κ3) is 3.45. The Bertz CT molecular complexity index is 353. The standard InChI is InChI=1S/C14H22N2O2/c1-17-12-5-3-11(4-6-12)9-16-13-7-8-15-10-14(13)18-2/h3-6,13-16H,7-10H2,1-2H3/t13-,14-/m0/s1. The summed E-state index contributed by atoms with van der Waals surface area (Å²) in [6, 6.07) is 8.60. The average Bonchev–Trinajstić information content (AvgIpc) is 2.46. The Morgan fingerprint density at radius 2 is 2.06 bits per heavy atom. The van der Waals surface area contributed by atoms with E-state index >= 15 is 0 Å². The van der Waals surface area contributed by atoms with Gasteiger partial charge in [-0.1, -0.05) is 12.1 Å². The van der Waals surface area contributed by atoms with Crippen molar-refractivity contribution in [1.29, 1.82) is 0 Å². The van der Waals surface area contributed by atoms with Gasteiger partial charge in [0.15, 0.2) is 0 Å². The van der Waals surface area contributed by atoms with Gasteiger partial charge in [-0.05, 0) is 30.7 Å². The molecule has 0 bridgehead atoms. The van der Waals surface area contributed by atoms with E-state index in [1.54, 1.807) is 14.2 Å². The minimum Gasteiger partial charge on any atom is -0.497 e. The van der Waals surface area contributed by atoms with Crippen molar-refractivity contribution in [3.05, 3.63) is 29.8 Å². The zero-order valence-electron chi connectivity index (χ0n) is 11.1. The first-order valence-electron chi connectivity index (χ1n) is 6.43. The molecular weight excluding hydrogens is 228 g/mol. The van der Waals surface area contributed by atoms with Gasteiger partial charge >= 0.3 is 0 Å². The van der Waals surface area contributed by atoms with Crippen molar-refractivity contribution >= 4 is 0 Å². The van der Waals surface area contributed by atoms with Crippen LogP contribution >= 0.6 is 0 Å². The molecule has 0 saturated carbocycles. The molecule has 0 unspecified atom stereocenters. The largest absolute Gasteiger partial charge is 0.497 e. The lowest BCUT2D eigenvalue weighted by atomic mass is 10.0. The minimum atomic E-state index is 0.261. The van der Waals surface area contributed by atoms with Gasteiger partial charge in [-0.15, -0.1) is 0 Å². The molecule has 18 heavy (non-hydrogen) atoms. The molecule has 2 N–H and O–H groups in total. The topological polar surface area (TPSA) is 42.5 Å². The van der Waals surface area contributed by atoms with Crippen LogP contribution in [0.15, 0.2) is 24.3 Å². The maximum Gasteiger partial charge on any atom is 0.118 e. The SMILES string of the molecule is COc1ccc(CN[C@H]2CCNC[C@@H]2OC)cc1. The van der Waals surface area contributed by atoms with Crippen molar-refractivity contribution in [2.24, 2.45) is 0 Å². The van der Waals surface area contributed by atoms with Gasteiger partial charge in [0.1, 0.15) is 5.75 Å². The summed E-state index contributed by atoms with van der Waals surface area (Å²) in [6.07, 6.45) is 1.37. The van der Waals surface area contributed by atoms with E-state index < -0.39 is 0 Å². The highest BCUT2D eigenvalue weighted by Crippen LogP contribution is 2.12. The van der Waals surface area contributed by atoms with Crippen LogP contribution in [0.5, 0.6) is 5.75 Å². The van der Waals surface area contributed by atoms with Crippen molar-refractivity contribution in [2.45, 2.75) is 25.1 Å². The fourth-order valence-electron chi connectivity index (χ4n) is 2.30. The molecule has 1 fully saturated rings. The van der Waals surface area contributed by atoms with Gasteiger partial charge in [-0.2, -0.15) is 0 Å². The summed E-state index contributed by atoms with van der Waals surface area (Å²) in [5, 5.41) is 6.92. The first-order chi connectivity index (χ1) is 8.83. The lowest BCUT2D eigenvalue weighted by Crippen LogP contribution is -2.51. The van der Waals surface area contributed by atoms with Gasteiger partial charge < -0.3 is 20.1 Å². The van der Waals surface area contributed by atoms with Gasteiger partial charge in [0.2, 0.25) is 0 Å². The van der Waals surface area contributed by atoms with E-state index in [1.807, 2.05) is 12.1 Å². The molecule has 1 aliphatic rings. The van der Waals surface area contributed by atoms with E-state index in [9.17, 15) is 0 Å². The number of hydrogen-bond acceptors (Lipinski definition) is 4. The molecule has 0 aromatic heterocycles. The second kappa shape index (κ2) is 6.73. The van der Waals surface area contributed by atoms with Crippen molar-refractivity contribution in [2.75, 3.05) is 27.3 Å². The zero-order valence-corrected chi connectivity index (χ0v) is 11.1. The molecule has 1 heterocycles. The second-order valence-corrected chi connectivity index (χ2v) is 4.60. The van der Waals surface area contributed by atoms with E-state index in [4.69, 9.17) is 9.47 Å². The summed E-state index contributed by atoms with van der Waals surface area (Å²) in [7, 11) is 3.46. The van der Waals surface area contributed by atoms with Crippen LogP contribution in [0.3, 0.4) is 0 Å². The fourth-order valence-corrected chi connectivity index (χ4v) is 2.30.